The number of benzene rings is 2. The van der Waals surface area contributed by atoms with Crippen molar-refractivity contribution in [2.24, 2.45) is 0 Å². The van der Waals surface area contributed by atoms with E-state index in [-0.39, 0.29) is 5.56 Å². The number of rotatable bonds is 4. The molecule has 4 nitrogen and oxygen atoms in total. The van der Waals surface area contributed by atoms with E-state index >= 15 is 0 Å². The average molecular weight is 310 g/mol. The normalized spacial score (nSPS) is 10.1. The predicted molar refractivity (Wildman–Crippen MR) is 78.9 cm³/mol. The topological polar surface area (TPSA) is 47.6 Å². The Morgan fingerprint density at radius 2 is 1.81 bits per heavy atom. The third-order valence-electron chi connectivity index (χ3n) is 2.84. The summed E-state index contributed by atoms with van der Waals surface area (Å²) in [4.78, 5) is 12.1. The van der Waals surface area contributed by atoms with E-state index in [4.69, 9.17) is 21.1 Å². The fourth-order valence-electron chi connectivity index (χ4n) is 1.79. The molecule has 0 atom stereocenters. The van der Waals surface area contributed by atoms with E-state index in [2.05, 4.69) is 5.32 Å². The van der Waals surface area contributed by atoms with Crippen molar-refractivity contribution in [1.29, 1.82) is 0 Å². The van der Waals surface area contributed by atoms with E-state index in [1.54, 1.807) is 6.07 Å². The summed E-state index contributed by atoms with van der Waals surface area (Å²) in [5.41, 5.74) is 0.278. The summed E-state index contributed by atoms with van der Waals surface area (Å²) in [6.07, 6.45) is 0. The zero-order chi connectivity index (χ0) is 15.4. The maximum Gasteiger partial charge on any atom is 0.258 e. The third kappa shape index (κ3) is 3.25. The van der Waals surface area contributed by atoms with Gasteiger partial charge < -0.3 is 14.8 Å². The summed E-state index contributed by atoms with van der Waals surface area (Å²) in [6, 6.07) is 8.73. The minimum absolute atomic E-state index is 0.0616. The Morgan fingerprint density at radius 1 is 1.14 bits per heavy atom. The van der Waals surface area contributed by atoms with E-state index in [1.807, 2.05) is 0 Å². The van der Waals surface area contributed by atoms with E-state index < -0.39 is 11.7 Å². The van der Waals surface area contributed by atoms with Gasteiger partial charge in [0, 0.05) is 12.1 Å². The van der Waals surface area contributed by atoms with Gasteiger partial charge in [-0.3, -0.25) is 4.79 Å². The number of hydrogen-bond acceptors (Lipinski definition) is 3. The molecule has 0 bridgehead atoms. The Kier molecular flexibility index (Phi) is 4.65. The van der Waals surface area contributed by atoms with Crippen LogP contribution in [0.1, 0.15) is 10.4 Å². The lowest BCUT2D eigenvalue weighted by atomic mass is 10.2. The zero-order valence-corrected chi connectivity index (χ0v) is 12.2. The Hall–Kier alpha value is -2.27. The van der Waals surface area contributed by atoms with Crippen LogP contribution in [-0.4, -0.2) is 20.1 Å². The molecule has 0 aliphatic heterocycles. The first-order valence-electron chi connectivity index (χ1n) is 6.04. The van der Waals surface area contributed by atoms with Crippen LogP contribution in [0.4, 0.5) is 10.1 Å². The van der Waals surface area contributed by atoms with Gasteiger partial charge in [0.2, 0.25) is 0 Å². The first kappa shape index (κ1) is 15.1. The Bertz CT molecular complexity index is 676. The minimum Gasteiger partial charge on any atom is -0.495 e. The number of nitrogens with one attached hydrogen (secondary N) is 1. The molecule has 1 N–H and O–H groups in total. The van der Waals surface area contributed by atoms with Gasteiger partial charge in [-0.05, 0) is 12.1 Å². The molecule has 0 radical (unpaired) electrons. The van der Waals surface area contributed by atoms with E-state index in [9.17, 15) is 9.18 Å². The van der Waals surface area contributed by atoms with Crippen LogP contribution in [0.15, 0.2) is 36.4 Å². The summed E-state index contributed by atoms with van der Waals surface area (Å²) in [5, 5.41) is 2.92. The molecule has 2 rings (SSSR count). The van der Waals surface area contributed by atoms with Crippen molar-refractivity contribution in [3.8, 4) is 11.5 Å². The van der Waals surface area contributed by atoms with Gasteiger partial charge >= 0.3 is 0 Å². The molecule has 2 aromatic rings. The largest absolute Gasteiger partial charge is 0.495 e. The number of hydrogen-bond donors (Lipinski definition) is 1. The molecule has 0 aromatic heterocycles. The number of carbonyl (C=O) groups is 1. The third-order valence-corrected chi connectivity index (χ3v) is 3.14. The van der Waals surface area contributed by atoms with Gasteiger partial charge in [-0.15, -0.1) is 0 Å². The summed E-state index contributed by atoms with van der Waals surface area (Å²) in [6.45, 7) is 0. The quantitative estimate of drug-likeness (QED) is 0.935. The number of carbonyl (C=O) groups excluding carboxylic acids is 1. The SMILES string of the molecule is COc1cc(NC(=O)c2ccccc2F)c(OC)cc1Cl. The van der Waals surface area contributed by atoms with Crippen molar-refractivity contribution >= 4 is 23.2 Å². The van der Waals surface area contributed by atoms with Gasteiger partial charge in [0.25, 0.3) is 5.91 Å². The first-order chi connectivity index (χ1) is 10.1. The fourth-order valence-corrected chi connectivity index (χ4v) is 2.02. The van der Waals surface area contributed by atoms with Gasteiger partial charge in [0.05, 0.1) is 30.5 Å². The molecule has 0 aliphatic rings. The van der Waals surface area contributed by atoms with Crippen molar-refractivity contribution in [2.45, 2.75) is 0 Å². The molecule has 110 valence electrons. The molecule has 0 saturated heterocycles. The molecule has 0 heterocycles. The summed E-state index contributed by atoms with van der Waals surface area (Å²) in [7, 11) is 2.90. The summed E-state index contributed by atoms with van der Waals surface area (Å²) in [5.74, 6) is -0.461. The average Bonchev–Trinajstić information content (AvgIpc) is 2.48. The second-order valence-corrected chi connectivity index (χ2v) is 4.53. The van der Waals surface area contributed by atoms with Crippen LogP contribution in [0, 0.1) is 5.82 Å². The maximum absolute atomic E-state index is 13.6. The van der Waals surface area contributed by atoms with Crippen molar-refractivity contribution < 1.29 is 18.7 Å². The highest BCUT2D eigenvalue weighted by atomic mass is 35.5. The second kappa shape index (κ2) is 6.45. The van der Waals surface area contributed by atoms with E-state index in [0.29, 0.717) is 22.2 Å². The fraction of sp³-hybridized carbons (Fsp3) is 0.133. The van der Waals surface area contributed by atoms with Crippen LogP contribution >= 0.6 is 11.6 Å². The van der Waals surface area contributed by atoms with Gasteiger partial charge in [0.1, 0.15) is 17.3 Å². The number of anilines is 1. The number of ether oxygens (including phenoxy) is 2. The lowest BCUT2D eigenvalue weighted by Crippen LogP contribution is -2.14. The number of amides is 1. The van der Waals surface area contributed by atoms with Crippen molar-refractivity contribution in [1.82, 2.24) is 0 Å². The standard InChI is InChI=1S/C15H13ClFNO3/c1-20-13-8-12(14(21-2)7-10(13)16)18-15(19)9-5-3-4-6-11(9)17/h3-8H,1-2H3,(H,18,19). The Balaban J connectivity index is 2.35. The van der Waals surface area contributed by atoms with Crippen LogP contribution in [-0.2, 0) is 0 Å². The van der Waals surface area contributed by atoms with E-state index in [1.165, 1.54) is 44.6 Å². The van der Waals surface area contributed by atoms with Gasteiger partial charge in [-0.25, -0.2) is 4.39 Å². The van der Waals surface area contributed by atoms with Crippen LogP contribution in [0.25, 0.3) is 0 Å². The molecule has 0 aliphatic carbocycles. The molecule has 0 saturated carbocycles. The molecule has 21 heavy (non-hydrogen) atoms. The first-order valence-corrected chi connectivity index (χ1v) is 6.42. The molecule has 0 fully saturated rings. The molecular formula is C15H13ClFNO3. The minimum atomic E-state index is -0.602. The van der Waals surface area contributed by atoms with Crippen LogP contribution < -0.4 is 14.8 Å². The van der Waals surface area contributed by atoms with Crippen molar-refractivity contribution in [3.63, 3.8) is 0 Å². The molecule has 0 spiro atoms. The molecular weight excluding hydrogens is 297 g/mol. The lowest BCUT2D eigenvalue weighted by molar-refractivity contribution is 0.102. The van der Waals surface area contributed by atoms with Crippen molar-refractivity contribution in [2.75, 3.05) is 19.5 Å². The highest BCUT2D eigenvalue weighted by molar-refractivity contribution is 6.32. The van der Waals surface area contributed by atoms with E-state index in [0.717, 1.165) is 0 Å². The van der Waals surface area contributed by atoms with Crippen molar-refractivity contribution in [3.05, 3.63) is 52.8 Å². The second-order valence-electron chi connectivity index (χ2n) is 4.12. The predicted octanol–water partition coefficient (Wildman–Crippen LogP) is 3.75. The number of halogens is 2. The molecule has 2 aromatic carbocycles. The highest BCUT2D eigenvalue weighted by Gasteiger charge is 2.15. The summed E-state index contributed by atoms with van der Waals surface area (Å²) < 4.78 is 23.8. The van der Waals surface area contributed by atoms with Crippen LogP contribution in [0.3, 0.4) is 0 Å². The molecule has 6 heteroatoms. The van der Waals surface area contributed by atoms with Gasteiger partial charge in [-0.2, -0.15) is 0 Å². The van der Waals surface area contributed by atoms with Gasteiger partial charge in [0.15, 0.2) is 0 Å². The highest BCUT2D eigenvalue weighted by Crippen LogP contribution is 2.36. The lowest BCUT2D eigenvalue weighted by Gasteiger charge is -2.13. The van der Waals surface area contributed by atoms with Crippen LogP contribution in [0.5, 0.6) is 11.5 Å². The summed E-state index contributed by atoms with van der Waals surface area (Å²) >= 11 is 5.98. The Labute approximate surface area is 126 Å². The maximum atomic E-state index is 13.6. The smallest absolute Gasteiger partial charge is 0.258 e. The molecule has 0 unspecified atom stereocenters. The van der Waals surface area contributed by atoms with Crippen LogP contribution in [0.2, 0.25) is 5.02 Å². The van der Waals surface area contributed by atoms with Gasteiger partial charge in [-0.1, -0.05) is 23.7 Å². The zero-order valence-electron chi connectivity index (χ0n) is 11.4. The monoisotopic (exact) mass is 309 g/mol. The Morgan fingerprint density at radius 3 is 2.43 bits per heavy atom. The number of methoxy groups -OCH3 is 2. The molecule has 1 amide bonds.